The predicted molar refractivity (Wildman–Crippen MR) is 139 cm³/mol. The second-order valence-corrected chi connectivity index (χ2v) is 9.33. The van der Waals surface area contributed by atoms with Gasteiger partial charge in [-0.15, -0.1) is 0 Å². The molecule has 0 aromatic heterocycles. The van der Waals surface area contributed by atoms with Crippen LogP contribution in [0.5, 0.6) is 0 Å². The Kier molecular flexibility index (Phi) is 14.6. The van der Waals surface area contributed by atoms with E-state index in [2.05, 4.69) is 10.6 Å². The van der Waals surface area contributed by atoms with Gasteiger partial charge in [-0.2, -0.15) is 0 Å². The lowest BCUT2D eigenvalue weighted by atomic mass is 9.89. The van der Waals surface area contributed by atoms with Crippen molar-refractivity contribution in [1.82, 2.24) is 20.4 Å². The smallest absolute Gasteiger partial charge is 0.323 e. The van der Waals surface area contributed by atoms with Crippen molar-refractivity contribution in [3.8, 4) is 0 Å². The van der Waals surface area contributed by atoms with Gasteiger partial charge in [0, 0.05) is 51.2 Å². The molecule has 0 radical (unpaired) electrons. The highest BCUT2D eigenvalue weighted by molar-refractivity contribution is 5.77. The maximum atomic E-state index is 12.7. The monoisotopic (exact) mass is 529 g/mol. The van der Waals surface area contributed by atoms with Crippen LogP contribution in [0.15, 0.2) is 0 Å². The van der Waals surface area contributed by atoms with Crippen LogP contribution >= 0.6 is 0 Å². The fourth-order valence-electron chi connectivity index (χ4n) is 4.49. The standard InChI is InChI=1S/C25H47N5O7/c1-7-35-22(32)18(4)28-25(11-10-21(31)27-13-12-26)16-29(19(5)23(33)36-8-2)14-15-30(17-25)20(6)24(34)37-9-3/h18-20,28H,7-17,26H2,1-6H3,(H,27,31). The Bertz CT molecular complexity index is 717. The molecule has 1 heterocycles. The fourth-order valence-corrected chi connectivity index (χ4v) is 4.49. The van der Waals surface area contributed by atoms with E-state index in [9.17, 15) is 19.2 Å². The van der Waals surface area contributed by atoms with Gasteiger partial charge < -0.3 is 25.3 Å². The van der Waals surface area contributed by atoms with Gasteiger partial charge in [-0.1, -0.05) is 0 Å². The van der Waals surface area contributed by atoms with E-state index in [0.717, 1.165) is 0 Å². The Labute approximate surface area is 220 Å². The fraction of sp³-hybridized carbons (Fsp3) is 0.840. The van der Waals surface area contributed by atoms with Crippen molar-refractivity contribution in [3.05, 3.63) is 0 Å². The van der Waals surface area contributed by atoms with Gasteiger partial charge in [-0.3, -0.25) is 34.3 Å². The zero-order valence-corrected chi connectivity index (χ0v) is 23.3. The molecule has 0 saturated carbocycles. The first-order valence-corrected chi connectivity index (χ1v) is 13.3. The Morgan fingerprint density at radius 3 is 1.73 bits per heavy atom. The van der Waals surface area contributed by atoms with Gasteiger partial charge in [0.15, 0.2) is 0 Å². The third-order valence-corrected chi connectivity index (χ3v) is 6.50. The number of hydrogen-bond donors (Lipinski definition) is 3. The maximum Gasteiger partial charge on any atom is 0.323 e. The number of ether oxygens (including phenoxy) is 3. The highest BCUT2D eigenvalue weighted by Gasteiger charge is 2.43. The zero-order chi connectivity index (χ0) is 28.0. The number of carbonyl (C=O) groups is 4. The Morgan fingerprint density at radius 2 is 1.30 bits per heavy atom. The normalized spacial score (nSPS) is 21.3. The Morgan fingerprint density at radius 1 is 0.838 bits per heavy atom. The number of rotatable bonds is 15. The molecule has 214 valence electrons. The predicted octanol–water partition coefficient (Wildman–Crippen LogP) is -0.358. The summed E-state index contributed by atoms with van der Waals surface area (Å²) in [4.78, 5) is 54.4. The first kappa shape index (κ1) is 32.7. The molecule has 1 aliphatic rings. The molecular weight excluding hydrogens is 482 g/mol. The average molecular weight is 530 g/mol. The molecule has 37 heavy (non-hydrogen) atoms. The van der Waals surface area contributed by atoms with E-state index in [0.29, 0.717) is 45.7 Å². The molecule has 1 aliphatic heterocycles. The van der Waals surface area contributed by atoms with Gasteiger partial charge in [-0.05, 0) is 48.0 Å². The van der Waals surface area contributed by atoms with E-state index in [1.807, 2.05) is 9.80 Å². The molecule has 1 saturated heterocycles. The lowest BCUT2D eigenvalue weighted by Gasteiger charge is -2.42. The summed E-state index contributed by atoms with van der Waals surface area (Å²) in [6, 6.07) is -1.82. The van der Waals surface area contributed by atoms with Crippen LogP contribution in [-0.2, 0) is 33.4 Å². The minimum atomic E-state index is -0.843. The van der Waals surface area contributed by atoms with Crippen LogP contribution in [0.4, 0.5) is 0 Å². The largest absolute Gasteiger partial charge is 0.465 e. The highest BCUT2D eigenvalue weighted by atomic mass is 16.5. The van der Waals surface area contributed by atoms with Gasteiger partial charge >= 0.3 is 17.9 Å². The topological polar surface area (TPSA) is 153 Å². The SMILES string of the molecule is CCOC(=O)C(C)NC1(CCC(=O)NCCN)CN(C(C)C(=O)OCC)CCN(C(C)C(=O)OCC)C1. The molecule has 12 nitrogen and oxygen atoms in total. The molecule has 3 unspecified atom stereocenters. The average Bonchev–Trinajstić information content (AvgIpc) is 3.06. The van der Waals surface area contributed by atoms with E-state index in [-0.39, 0.29) is 44.1 Å². The molecule has 0 aliphatic carbocycles. The number of nitrogens with zero attached hydrogens (tertiary/aromatic N) is 2. The second kappa shape index (κ2) is 16.5. The van der Waals surface area contributed by atoms with Crippen LogP contribution in [0.3, 0.4) is 0 Å². The van der Waals surface area contributed by atoms with Crippen LogP contribution < -0.4 is 16.4 Å². The first-order chi connectivity index (χ1) is 17.5. The number of esters is 3. The molecule has 1 rings (SSSR count). The number of amides is 1. The quantitative estimate of drug-likeness (QED) is 0.188. The zero-order valence-electron chi connectivity index (χ0n) is 23.3. The molecule has 1 amide bonds. The summed E-state index contributed by atoms with van der Waals surface area (Å²) in [5.41, 5.74) is 4.68. The van der Waals surface area contributed by atoms with Crippen LogP contribution in [-0.4, -0.2) is 116 Å². The van der Waals surface area contributed by atoms with Gasteiger partial charge in [0.25, 0.3) is 0 Å². The van der Waals surface area contributed by atoms with Crippen molar-refractivity contribution >= 4 is 23.8 Å². The lowest BCUT2D eigenvalue weighted by molar-refractivity contribution is -0.150. The third-order valence-electron chi connectivity index (χ3n) is 6.50. The summed E-state index contributed by atoms with van der Waals surface area (Å²) >= 11 is 0. The highest BCUT2D eigenvalue weighted by Crippen LogP contribution is 2.25. The van der Waals surface area contributed by atoms with Crippen molar-refractivity contribution in [3.63, 3.8) is 0 Å². The molecule has 0 bridgehead atoms. The summed E-state index contributed by atoms with van der Waals surface area (Å²) in [6.07, 6.45) is 0.497. The number of nitrogens with one attached hydrogen (secondary N) is 2. The van der Waals surface area contributed by atoms with Crippen molar-refractivity contribution in [1.29, 1.82) is 0 Å². The van der Waals surface area contributed by atoms with E-state index in [1.54, 1.807) is 41.5 Å². The summed E-state index contributed by atoms with van der Waals surface area (Å²) in [5, 5.41) is 6.19. The first-order valence-electron chi connectivity index (χ1n) is 13.3. The number of hydrogen-bond acceptors (Lipinski definition) is 11. The van der Waals surface area contributed by atoms with Gasteiger partial charge in [0.05, 0.1) is 19.8 Å². The van der Waals surface area contributed by atoms with Gasteiger partial charge in [0.2, 0.25) is 5.91 Å². The van der Waals surface area contributed by atoms with Gasteiger partial charge in [-0.25, -0.2) is 0 Å². The lowest BCUT2D eigenvalue weighted by Crippen LogP contribution is -2.63. The molecule has 12 heteroatoms. The number of nitrogens with two attached hydrogens (primary N) is 1. The summed E-state index contributed by atoms with van der Waals surface area (Å²) < 4.78 is 15.7. The molecular formula is C25H47N5O7. The second-order valence-electron chi connectivity index (χ2n) is 9.33. The van der Waals surface area contributed by atoms with Crippen molar-refractivity contribution in [2.24, 2.45) is 5.73 Å². The molecule has 0 spiro atoms. The van der Waals surface area contributed by atoms with Crippen molar-refractivity contribution in [2.75, 3.05) is 59.1 Å². The summed E-state index contributed by atoms with van der Waals surface area (Å²) in [7, 11) is 0. The third kappa shape index (κ3) is 10.5. The molecule has 4 N–H and O–H groups in total. The minimum absolute atomic E-state index is 0.159. The van der Waals surface area contributed by atoms with Crippen molar-refractivity contribution < 1.29 is 33.4 Å². The Hall–Kier alpha value is -2.28. The van der Waals surface area contributed by atoms with Crippen LogP contribution in [0.2, 0.25) is 0 Å². The van der Waals surface area contributed by atoms with Crippen LogP contribution in [0.1, 0.15) is 54.4 Å². The summed E-state index contributed by atoms with van der Waals surface area (Å²) in [5.74, 6) is -1.31. The molecule has 0 aromatic carbocycles. The van der Waals surface area contributed by atoms with E-state index >= 15 is 0 Å². The van der Waals surface area contributed by atoms with Crippen molar-refractivity contribution in [2.45, 2.75) is 78.0 Å². The van der Waals surface area contributed by atoms with Gasteiger partial charge in [0.1, 0.15) is 18.1 Å². The summed E-state index contributed by atoms with van der Waals surface area (Å²) in [6.45, 7) is 13.5. The van der Waals surface area contributed by atoms with E-state index in [4.69, 9.17) is 19.9 Å². The maximum absolute atomic E-state index is 12.7. The van der Waals surface area contributed by atoms with E-state index in [1.165, 1.54) is 0 Å². The minimum Gasteiger partial charge on any atom is -0.465 e. The molecule has 3 atom stereocenters. The molecule has 0 aromatic rings. The number of carbonyl (C=O) groups excluding carboxylic acids is 4. The van der Waals surface area contributed by atoms with E-state index < -0.39 is 29.6 Å². The van der Waals surface area contributed by atoms with Crippen LogP contribution in [0.25, 0.3) is 0 Å². The molecule has 1 fully saturated rings. The Balaban J connectivity index is 3.41. The van der Waals surface area contributed by atoms with Crippen LogP contribution in [0, 0.1) is 0 Å².